The molecule has 1 aromatic heterocycles. The number of nitrogens with zero attached hydrogens (tertiary/aromatic N) is 1. The second-order valence-electron chi connectivity index (χ2n) is 5.23. The van der Waals surface area contributed by atoms with Crippen LogP contribution in [0.15, 0.2) is 76.8 Å². The van der Waals surface area contributed by atoms with Crippen molar-refractivity contribution in [3.8, 4) is 0 Å². The van der Waals surface area contributed by atoms with Gasteiger partial charge in [0.1, 0.15) is 4.90 Å². The Bertz CT molecular complexity index is 1160. The monoisotopic (exact) mass is 430 g/mol. The molecule has 1 N–H and O–H groups in total. The van der Waals surface area contributed by atoms with Crippen molar-refractivity contribution in [2.45, 2.75) is 9.79 Å². The second kappa shape index (κ2) is 6.96. The zero-order valence-electron chi connectivity index (χ0n) is 13.0. The van der Waals surface area contributed by atoms with Crippen LogP contribution in [0.5, 0.6) is 0 Å². The first-order chi connectivity index (χ1) is 12.2. The molecule has 0 saturated carbocycles. The first-order valence-corrected chi connectivity index (χ1v) is 10.8. The number of hydrogen-bond acceptors (Lipinski definition) is 4. The van der Waals surface area contributed by atoms with E-state index >= 15 is 0 Å². The third-order valence-electron chi connectivity index (χ3n) is 3.44. The zero-order chi connectivity index (χ0) is 18.9. The number of aromatic nitrogens is 1. The molecule has 0 aliphatic carbocycles. The first kappa shape index (κ1) is 18.8. The maximum atomic E-state index is 12.5. The normalized spacial score (nSPS) is 12.1. The SMILES string of the molecule is O=S(=O)(Nc1ccc(Cl)c(Cl)c1)c1ccn(S(=O)(=O)c2ccccc2)c1. The van der Waals surface area contributed by atoms with Gasteiger partial charge >= 0.3 is 0 Å². The number of anilines is 1. The summed E-state index contributed by atoms with van der Waals surface area (Å²) in [5.74, 6) is 0. The lowest BCUT2D eigenvalue weighted by atomic mass is 10.3. The number of hydrogen-bond donors (Lipinski definition) is 1. The molecule has 3 aromatic rings. The number of sulfonamides is 1. The Morgan fingerprint density at radius 3 is 2.15 bits per heavy atom. The Hall–Kier alpha value is -2.00. The summed E-state index contributed by atoms with van der Waals surface area (Å²) in [5, 5.41) is 0.478. The van der Waals surface area contributed by atoms with Crippen LogP contribution in [-0.4, -0.2) is 20.8 Å². The van der Waals surface area contributed by atoms with Gasteiger partial charge in [-0.15, -0.1) is 0 Å². The standard InChI is InChI=1S/C16H12Cl2N2O4S2/c17-15-7-6-12(10-16(15)18)19-25(21,22)14-8-9-20(11-14)26(23,24)13-4-2-1-3-5-13/h1-11,19H. The van der Waals surface area contributed by atoms with E-state index in [1.165, 1.54) is 42.6 Å². The van der Waals surface area contributed by atoms with Crippen molar-refractivity contribution in [3.63, 3.8) is 0 Å². The van der Waals surface area contributed by atoms with Gasteiger partial charge in [-0.25, -0.2) is 20.8 Å². The van der Waals surface area contributed by atoms with Gasteiger partial charge in [0.2, 0.25) is 0 Å². The maximum Gasteiger partial charge on any atom is 0.267 e. The lowest BCUT2D eigenvalue weighted by Crippen LogP contribution is -2.14. The van der Waals surface area contributed by atoms with Crippen molar-refractivity contribution in [2.24, 2.45) is 0 Å². The minimum Gasteiger partial charge on any atom is -0.280 e. The maximum absolute atomic E-state index is 12.5. The van der Waals surface area contributed by atoms with Crippen molar-refractivity contribution in [1.82, 2.24) is 3.97 Å². The van der Waals surface area contributed by atoms with Gasteiger partial charge in [-0.2, -0.15) is 0 Å². The van der Waals surface area contributed by atoms with Crippen molar-refractivity contribution in [1.29, 1.82) is 0 Å². The van der Waals surface area contributed by atoms with Gasteiger partial charge in [0.15, 0.2) is 0 Å². The lowest BCUT2D eigenvalue weighted by molar-refractivity contribution is 0.587. The van der Waals surface area contributed by atoms with E-state index in [9.17, 15) is 16.8 Å². The summed E-state index contributed by atoms with van der Waals surface area (Å²) >= 11 is 11.7. The fourth-order valence-corrected chi connectivity index (χ4v) is 4.78. The highest BCUT2D eigenvalue weighted by molar-refractivity contribution is 7.93. The minimum absolute atomic E-state index is 0.0528. The van der Waals surface area contributed by atoms with E-state index in [1.807, 2.05) is 0 Å². The summed E-state index contributed by atoms with van der Waals surface area (Å²) in [7, 11) is -7.88. The van der Waals surface area contributed by atoms with E-state index in [2.05, 4.69) is 4.72 Å². The molecule has 0 atom stereocenters. The first-order valence-electron chi connectivity index (χ1n) is 7.17. The number of benzene rings is 2. The molecule has 26 heavy (non-hydrogen) atoms. The van der Waals surface area contributed by atoms with Crippen LogP contribution in [0, 0.1) is 0 Å². The summed E-state index contributed by atoms with van der Waals surface area (Å²) < 4.78 is 53.2. The molecule has 1 heterocycles. The Morgan fingerprint density at radius 2 is 1.50 bits per heavy atom. The van der Waals surface area contributed by atoms with E-state index in [0.717, 1.165) is 10.2 Å². The molecule has 0 amide bonds. The highest BCUT2D eigenvalue weighted by atomic mass is 35.5. The van der Waals surface area contributed by atoms with Crippen molar-refractivity contribution in [3.05, 3.63) is 77.0 Å². The van der Waals surface area contributed by atoms with Crippen molar-refractivity contribution < 1.29 is 16.8 Å². The molecule has 0 aliphatic rings. The van der Waals surface area contributed by atoms with Crippen LogP contribution in [0.2, 0.25) is 10.0 Å². The van der Waals surface area contributed by atoms with Crippen LogP contribution in [0.25, 0.3) is 0 Å². The van der Waals surface area contributed by atoms with Crippen molar-refractivity contribution in [2.75, 3.05) is 4.72 Å². The van der Waals surface area contributed by atoms with Crippen LogP contribution in [0.4, 0.5) is 5.69 Å². The van der Waals surface area contributed by atoms with Crippen LogP contribution >= 0.6 is 23.2 Å². The predicted molar refractivity (Wildman–Crippen MR) is 101 cm³/mol. The molecule has 0 fully saturated rings. The topological polar surface area (TPSA) is 85.2 Å². The average molecular weight is 431 g/mol. The minimum atomic E-state index is -4.00. The molecule has 0 radical (unpaired) electrons. The number of halogens is 2. The molecule has 0 unspecified atom stereocenters. The number of rotatable bonds is 5. The smallest absolute Gasteiger partial charge is 0.267 e. The van der Waals surface area contributed by atoms with E-state index < -0.39 is 20.0 Å². The Balaban J connectivity index is 1.92. The van der Waals surface area contributed by atoms with Gasteiger partial charge < -0.3 is 0 Å². The van der Waals surface area contributed by atoms with Crippen LogP contribution in [-0.2, 0) is 20.0 Å². The van der Waals surface area contributed by atoms with E-state index in [4.69, 9.17) is 23.2 Å². The molecular weight excluding hydrogens is 419 g/mol. The fourth-order valence-electron chi connectivity index (χ4n) is 2.15. The summed E-state index contributed by atoms with van der Waals surface area (Å²) in [5.41, 5.74) is 0.207. The van der Waals surface area contributed by atoms with Crippen LogP contribution in [0.3, 0.4) is 0 Å². The molecule has 2 aromatic carbocycles. The lowest BCUT2D eigenvalue weighted by Gasteiger charge is -2.08. The van der Waals surface area contributed by atoms with E-state index in [-0.39, 0.29) is 25.5 Å². The van der Waals surface area contributed by atoms with Gasteiger partial charge in [-0.1, -0.05) is 41.4 Å². The summed E-state index contributed by atoms with van der Waals surface area (Å²) in [6.45, 7) is 0. The molecule has 0 spiro atoms. The van der Waals surface area contributed by atoms with Crippen LogP contribution < -0.4 is 4.72 Å². The Morgan fingerprint density at radius 1 is 0.808 bits per heavy atom. The molecule has 6 nitrogen and oxygen atoms in total. The Labute approximate surface area is 161 Å². The second-order valence-corrected chi connectivity index (χ2v) is 9.57. The molecule has 3 rings (SSSR count). The molecule has 0 saturated heterocycles. The largest absolute Gasteiger partial charge is 0.280 e. The van der Waals surface area contributed by atoms with Crippen molar-refractivity contribution >= 4 is 48.9 Å². The van der Waals surface area contributed by atoms with Gasteiger partial charge in [0.25, 0.3) is 20.0 Å². The zero-order valence-corrected chi connectivity index (χ0v) is 16.1. The molecule has 136 valence electrons. The third-order valence-corrected chi connectivity index (χ3v) is 7.20. The summed E-state index contributed by atoms with van der Waals surface area (Å²) in [4.78, 5) is -0.153. The molecule has 10 heteroatoms. The highest BCUT2D eigenvalue weighted by Crippen LogP contribution is 2.27. The number of nitrogens with one attached hydrogen (secondary N) is 1. The summed E-state index contributed by atoms with van der Waals surface area (Å²) in [6, 6.07) is 13.2. The average Bonchev–Trinajstić information content (AvgIpc) is 3.11. The Kier molecular flexibility index (Phi) is 5.03. The van der Waals surface area contributed by atoms with Gasteiger partial charge in [0.05, 0.1) is 20.6 Å². The van der Waals surface area contributed by atoms with E-state index in [1.54, 1.807) is 18.2 Å². The van der Waals surface area contributed by atoms with Gasteiger partial charge in [0, 0.05) is 12.4 Å². The van der Waals surface area contributed by atoms with Gasteiger partial charge in [-0.05, 0) is 36.4 Å². The quantitative estimate of drug-likeness (QED) is 0.666. The summed E-state index contributed by atoms with van der Waals surface area (Å²) in [6.07, 6.45) is 2.20. The van der Waals surface area contributed by atoms with Gasteiger partial charge in [-0.3, -0.25) is 4.72 Å². The third kappa shape index (κ3) is 3.73. The molecular formula is C16H12Cl2N2O4S2. The fraction of sp³-hybridized carbons (Fsp3) is 0. The predicted octanol–water partition coefficient (Wildman–Crippen LogP) is 3.83. The van der Waals surface area contributed by atoms with Crippen LogP contribution in [0.1, 0.15) is 0 Å². The molecule has 0 bridgehead atoms. The highest BCUT2D eigenvalue weighted by Gasteiger charge is 2.21. The van der Waals surface area contributed by atoms with E-state index in [0.29, 0.717) is 0 Å². The molecule has 0 aliphatic heterocycles.